The smallest absolute Gasteiger partial charge is 0.271 e. The van der Waals surface area contributed by atoms with Crippen molar-refractivity contribution in [3.05, 3.63) is 86.5 Å². The largest absolute Gasteiger partial charge is 0.301 e. The van der Waals surface area contributed by atoms with Crippen molar-refractivity contribution in [1.82, 2.24) is 0 Å². The monoisotopic (exact) mass is 350 g/mol. The molecular formula is C18H14N4O4. The van der Waals surface area contributed by atoms with Crippen LogP contribution in [0.4, 0.5) is 17.1 Å². The van der Waals surface area contributed by atoms with Gasteiger partial charge < -0.3 is 0 Å². The topological polar surface area (TPSA) is 111 Å². The molecule has 3 rings (SSSR count). The fourth-order valence-electron chi connectivity index (χ4n) is 2.50. The zero-order chi connectivity index (χ0) is 18.7. The van der Waals surface area contributed by atoms with Crippen LogP contribution >= 0.6 is 0 Å². The lowest BCUT2D eigenvalue weighted by Crippen LogP contribution is -2.02. The molecule has 130 valence electrons. The van der Waals surface area contributed by atoms with E-state index in [1.54, 1.807) is 6.92 Å². The Bertz CT molecular complexity index is 1050. The van der Waals surface area contributed by atoms with E-state index in [0.29, 0.717) is 5.71 Å². The number of anilines is 1. The van der Waals surface area contributed by atoms with Crippen LogP contribution in [0.1, 0.15) is 12.5 Å². The maximum Gasteiger partial charge on any atom is 0.301 e. The van der Waals surface area contributed by atoms with Gasteiger partial charge in [-0.1, -0.05) is 36.4 Å². The Kier molecular flexibility index (Phi) is 4.57. The molecule has 0 aromatic heterocycles. The van der Waals surface area contributed by atoms with Crippen molar-refractivity contribution in [2.75, 3.05) is 5.43 Å². The molecule has 0 aliphatic carbocycles. The number of hydrogen-bond acceptors (Lipinski definition) is 6. The number of nitrogens with zero attached hydrogens (tertiary/aromatic N) is 3. The van der Waals surface area contributed by atoms with Crippen molar-refractivity contribution < 1.29 is 9.85 Å². The highest BCUT2D eigenvalue weighted by Crippen LogP contribution is 2.29. The van der Waals surface area contributed by atoms with E-state index in [-0.39, 0.29) is 11.4 Å². The molecule has 0 spiro atoms. The summed E-state index contributed by atoms with van der Waals surface area (Å²) in [6.45, 7) is 1.77. The predicted molar refractivity (Wildman–Crippen MR) is 99.5 cm³/mol. The summed E-state index contributed by atoms with van der Waals surface area (Å²) in [5.74, 6) is 0. The summed E-state index contributed by atoms with van der Waals surface area (Å²) in [6.07, 6.45) is 0. The normalized spacial score (nSPS) is 11.3. The van der Waals surface area contributed by atoms with Gasteiger partial charge >= 0.3 is 5.69 Å². The van der Waals surface area contributed by atoms with Crippen LogP contribution in [0.3, 0.4) is 0 Å². The number of nitrogens with one attached hydrogen (secondary N) is 1. The second-order valence-corrected chi connectivity index (χ2v) is 5.59. The van der Waals surface area contributed by atoms with Crippen molar-refractivity contribution >= 4 is 33.5 Å². The molecular weight excluding hydrogens is 336 g/mol. The first kappa shape index (κ1) is 17.0. The van der Waals surface area contributed by atoms with Gasteiger partial charge in [0.1, 0.15) is 5.69 Å². The molecule has 3 aromatic rings. The number of nitro benzene ring substituents is 2. The number of nitro groups is 2. The summed E-state index contributed by atoms with van der Waals surface area (Å²) >= 11 is 0. The molecule has 8 nitrogen and oxygen atoms in total. The lowest BCUT2D eigenvalue weighted by molar-refractivity contribution is -0.393. The summed E-state index contributed by atoms with van der Waals surface area (Å²) in [6, 6.07) is 17.1. The molecule has 0 unspecified atom stereocenters. The highest BCUT2D eigenvalue weighted by molar-refractivity contribution is 6.02. The molecule has 26 heavy (non-hydrogen) atoms. The number of hydrazone groups is 1. The first-order valence-corrected chi connectivity index (χ1v) is 7.68. The van der Waals surface area contributed by atoms with Crippen LogP contribution in [0.15, 0.2) is 65.8 Å². The SMILES string of the molecule is CC(=NNc1ccc([N+](=O)[O-])cc1[N+](=O)[O-])c1ccc2ccccc2c1. The van der Waals surface area contributed by atoms with Gasteiger partial charge in [-0.05, 0) is 35.4 Å². The fraction of sp³-hybridized carbons (Fsp3) is 0.0556. The minimum atomic E-state index is -0.684. The molecule has 1 N–H and O–H groups in total. The fourth-order valence-corrected chi connectivity index (χ4v) is 2.50. The Balaban J connectivity index is 1.90. The van der Waals surface area contributed by atoms with Crippen molar-refractivity contribution in [1.29, 1.82) is 0 Å². The number of rotatable bonds is 5. The Labute approximate surface area is 148 Å². The average molecular weight is 350 g/mol. The van der Waals surface area contributed by atoms with Crippen molar-refractivity contribution in [2.45, 2.75) is 6.92 Å². The summed E-state index contributed by atoms with van der Waals surface area (Å²) in [7, 11) is 0. The quantitative estimate of drug-likeness (QED) is 0.414. The third-order valence-corrected chi connectivity index (χ3v) is 3.90. The van der Waals surface area contributed by atoms with Gasteiger partial charge in [-0.25, -0.2) is 0 Å². The van der Waals surface area contributed by atoms with E-state index in [1.165, 1.54) is 12.1 Å². The second-order valence-electron chi connectivity index (χ2n) is 5.59. The van der Waals surface area contributed by atoms with E-state index in [1.807, 2.05) is 42.5 Å². The molecule has 0 saturated carbocycles. The Morgan fingerprint density at radius 2 is 1.65 bits per heavy atom. The molecule has 0 bridgehead atoms. The summed E-state index contributed by atoms with van der Waals surface area (Å²) in [5, 5.41) is 28.3. The number of hydrogen-bond donors (Lipinski definition) is 1. The zero-order valence-electron chi connectivity index (χ0n) is 13.7. The van der Waals surface area contributed by atoms with E-state index in [0.717, 1.165) is 22.4 Å². The van der Waals surface area contributed by atoms with E-state index < -0.39 is 15.5 Å². The third-order valence-electron chi connectivity index (χ3n) is 3.90. The van der Waals surface area contributed by atoms with E-state index in [4.69, 9.17) is 0 Å². The van der Waals surface area contributed by atoms with Gasteiger partial charge in [-0.2, -0.15) is 5.10 Å². The Morgan fingerprint density at radius 3 is 2.35 bits per heavy atom. The summed E-state index contributed by atoms with van der Waals surface area (Å²) < 4.78 is 0. The highest BCUT2D eigenvalue weighted by Gasteiger charge is 2.19. The van der Waals surface area contributed by atoms with Gasteiger partial charge in [0, 0.05) is 6.07 Å². The molecule has 0 saturated heterocycles. The zero-order valence-corrected chi connectivity index (χ0v) is 13.7. The molecule has 0 radical (unpaired) electrons. The Morgan fingerprint density at radius 1 is 0.923 bits per heavy atom. The van der Waals surface area contributed by atoms with Crippen LogP contribution < -0.4 is 5.43 Å². The molecule has 0 amide bonds. The number of benzene rings is 3. The molecule has 3 aromatic carbocycles. The van der Waals surface area contributed by atoms with Crippen LogP contribution in [0.5, 0.6) is 0 Å². The van der Waals surface area contributed by atoms with Gasteiger partial charge in [-0.3, -0.25) is 25.7 Å². The first-order valence-electron chi connectivity index (χ1n) is 7.68. The van der Waals surface area contributed by atoms with Crippen molar-refractivity contribution in [3.63, 3.8) is 0 Å². The van der Waals surface area contributed by atoms with Gasteiger partial charge in [0.15, 0.2) is 0 Å². The lowest BCUT2D eigenvalue weighted by atomic mass is 10.0. The summed E-state index contributed by atoms with van der Waals surface area (Å²) in [5.41, 5.74) is 3.45. The van der Waals surface area contributed by atoms with E-state index >= 15 is 0 Å². The van der Waals surface area contributed by atoms with E-state index in [2.05, 4.69) is 10.5 Å². The van der Waals surface area contributed by atoms with Crippen LogP contribution in [0.2, 0.25) is 0 Å². The van der Waals surface area contributed by atoms with Gasteiger partial charge in [0.05, 0.1) is 21.6 Å². The minimum absolute atomic E-state index is 0.0840. The maximum absolute atomic E-state index is 11.2. The molecule has 0 heterocycles. The number of fused-ring (bicyclic) bond motifs is 1. The predicted octanol–water partition coefficient (Wildman–Crippen LogP) is 4.49. The lowest BCUT2D eigenvalue weighted by Gasteiger charge is -2.06. The molecule has 8 heteroatoms. The molecule has 0 fully saturated rings. The van der Waals surface area contributed by atoms with Gasteiger partial charge in [-0.15, -0.1) is 0 Å². The second kappa shape index (κ2) is 6.98. The van der Waals surface area contributed by atoms with Gasteiger partial charge in [0.2, 0.25) is 0 Å². The molecule has 0 aliphatic heterocycles. The first-order chi connectivity index (χ1) is 12.5. The highest BCUT2D eigenvalue weighted by atomic mass is 16.6. The van der Waals surface area contributed by atoms with Crippen LogP contribution in [-0.2, 0) is 0 Å². The average Bonchev–Trinajstić information content (AvgIpc) is 2.65. The van der Waals surface area contributed by atoms with Crippen LogP contribution in [0, 0.1) is 20.2 Å². The standard InChI is InChI=1S/C18H14N4O4/c1-12(14-7-6-13-4-2-3-5-15(13)10-14)19-20-17-9-8-16(21(23)24)11-18(17)22(25)26/h2-11,20H,1H3. The summed E-state index contributed by atoms with van der Waals surface area (Å²) in [4.78, 5) is 20.6. The van der Waals surface area contributed by atoms with E-state index in [9.17, 15) is 20.2 Å². The maximum atomic E-state index is 11.2. The van der Waals surface area contributed by atoms with Crippen molar-refractivity contribution in [3.8, 4) is 0 Å². The van der Waals surface area contributed by atoms with Crippen LogP contribution in [-0.4, -0.2) is 15.6 Å². The minimum Gasteiger partial charge on any atom is -0.271 e. The molecule has 0 aliphatic rings. The van der Waals surface area contributed by atoms with Crippen molar-refractivity contribution in [2.24, 2.45) is 5.10 Å². The number of non-ortho nitro benzene ring substituents is 1. The Hall–Kier alpha value is -3.81. The third kappa shape index (κ3) is 3.48. The molecule has 0 atom stereocenters. The van der Waals surface area contributed by atoms with Crippen LogP contribution in [0.25, 0.3) is 10.8 Å². The van der Waals surface area contributed by atoms with Gasteiger partial charge in [0.25, 0.3) is 5.69 Å².